The third-order valence-corrected chi connectivity index (χ3v) is 4.42. The quantitative estimate of drug-likeness (QED) is 0.837. The van der Waals surface area contributed by atoms with Gasteiger partial charge in [0.2, 0.25) is 0 Å². The lowest BCUT2D eigenvalue weighted by Crippen LogP contribution is -2.41. The van der Waals surface area contributed by atoms with Crippen LogP contribution in [0.1, 0.15) is 40.2 Å². The van der Waals surface area contributed by atoms with Crippen LogP contribution in [0.15, 0.2) is 24.3 Å². The Balaban J connectivity index is 2.03. The van der Waals surface area contributed by atoms with E-state index < -0.39 is 6.09 Å². The second-order valence-corrected chi connectivity index (χ2v) is 6.88. The third kappa shape index (κ3) is 3.62. The van der Waals surface area contributed by atoms with Crippen LogP contribution in [0.2, 0.25) is 0 Å². The monoisotopic (exact) mass is 305 g/mol. The summed E-state index contributed by atoms with van der Waals surface area (Å²) in [5.41, 5.74) is 1.34. The molecular weight excluding hydrogens is 281 g/mol. The number of benzene rings is 1. The van der Waals surface area contributed by atoms with E-state index in [9.17, 15) is 4.79 Å². The first-order valence-corrected chi connectivity index (χ1v) is 7.55. The predicted molar refractivity (Wildman–Crippen MR) is 86.5 cm³/mol. The molecule has 0 aromatic heterocycles. The minimum absolute atomic E-state index is 0.125. The van der Waals surface area contributed by atoms with Crippen molar-refractivity contribution in [3.05, 3.63) is 29.8 Å². The summed E-state index contributed by atoms with van der Waals surface area (Å²) in [6.07, 6.45) is -0.350. The smallest absolute Gasteiger partial charge is 0.465 e. The Hall–Kier alpha value is -1.53. The zero-order valence-electron chi connectivity index (χ0n) is 13.8. The average Bonchev–Trinajstić information content (AvgIpc) is 2.58. The molecule has 1 fully saturated rings. The van der Waals surface area contributed by atoms with Crippen molar-refractivity contribution in [3.63, 3.8) is 0 Å². The minimum atomic E-state index is -0.999. The molecule has 1 saturated heterocycles. The lowest BCUT2D eigenvalue weighted by molar-refractivity contribution is 0.00578. The summed E-state index contributed by atoms with van der Waals surface area (Å²) in [7, 11) is -0.367. The van der Waals surface area contributed by atoms with Crippen LogP contribution in [-0.2, 0) is 15.7 Å². The molecule has 0 spiro atoms. The van der Waals surface area contributed by atoms with Crippen LogP contribution < -0.4 is 10.8 Å². The molecule has 5 nitrogen and oxygen atoms in total. The molecule has 0 aliphatic carbocycles. The Labute approximate surface area is 132 Å². The fourth-order valence-corrected chi connectivity index (χ4v) is 2.41. The van der Waals surface area contributed by atoms with Gasteiger partial charge < -0.3 is 19.7 Å². The number of hydrogen-bond acceptors (Lipinski definition) is 3. The number of carboxylic acid groups (broad SMARTS) is 1. The van der Waals surface area contributed by atoms with Crippen LogP contribution in [0.4, 0.5) is 4.79 Å². The SMILES string of the molecule is C[C@H](Cc1ccc(B2OC(C)(C)C(C)(C)O2)cc1)NC(=O)O. The highest BCUT2D eigenvalue weighted by atomic mass is 16.7. The topological polar surface area (TPSA) is 67.8 Å². The van der Waals surface area contributed by atoms with Crippen LogP contribution in [0, 0.1) is 0 Å². The lowest BCUT2D eigenvalue weighted by atomic mass is 9.78. The predicted octanol–water partition coefficient (Wildman–Crippen LogP) is 2.18. The van der Waals surface area contributed by atoms with Crippen molar-refractivity contribution in [1.82, 2.24) is 5.32 Å². The van der Waals surface area contributed by atoms with Crippen LogP contribution in [-0.4, -0.2) is 35.6 Å². The molecule has 1 aliphatic heterocycles. The Bertz CT molecular complexity index is 526. The molecule has 1 heterocycles. The maximum Gasteiger partial charge on any atom is 0.494 e. The largest absolute Gasteiger partial charge is 0.494 e. The normalized spacial score (nSPS) is 20.7. The summed E-state index contributed by atoms with van der Waals surface area (Å²) >= 11 is 0. The first-order valence-electron chi connectivity index (χ1n) is 7.55. The Morgan fingerprint density at radius 2 is 1.68 bits per heavy atom. The van der Waals surface area contributed by atoms with E-state index in [1.165, 1.54) is 0 Å². The van der Waals surface area contributed by atoms with Crippen molar-refractivity contribution in [2.75, 3.05) is 0 Å². The molecule has 0 unspecified atom stereocenters. The Morgan fingerprint density at radius 3 is 2.14 bits per heavy atom. The molecular formula is C16H24BNO4. The first kappa shape index (κ1) is 16.8. The summed E-state index contributed by atoms with van der Waals surface area (Å²) in [4.78, 5) is 10.6. The van der Waals surface area contributed by atoms with Gasteiger partial charge in [-0.05, 0) is 52.1 Å². The zero-order chi connectivity index (χ0) is 16.5. The van der Waals surface area contributed by atoms with Crippen LogP contribution in [0.5, 0.6) is 0 Å². The van der Waals surface area contributed by atoms with Gasteiger partial charge in [-0.3, -0.25) is 0 Å². The van der Waals surface area contributed by atoms with Crippen molar-refractivity contribution in [1.29, 1.82) is 0 Å². The standard InChI is InChI=1S/C16H24BNO4/c1-11(18-14(19)20)10-12-6-8-13(9-7-12)17-21-15(2,3)16(4,5)22-17/h6-9,11,18H,10H2,1-5H3,(H,19,20)/t11-/m1/s1. The second-order valence-electron chi connectivity index (χ2n) is 6.88. The van der Waals surface area contributed by atoms with Gasteiger partial charge in [0, 0.05) is 6.04 Å². The van der Waals surface area contributed by atoms with Crippen molar-refractivity contribution >= 4 is 18.7 Å². The van der Waals surface area contributed by atoms with Crippen LogP contribution in [0.3, 0.4) is 0 Å². The van der Waals surface area contributed by atoms with E-state index in [0.717, 1.165) is 11.0 Å². The van der Waals surface area contributed by atoms with Crippen molar-refractivity contribution in [3.8, 4) is 0 Å². The first-order chi connectivity index (χ1) is 10.1. The van der Waals surface area contributed by atoms with Crippen molar-refractivity contribution < 1.29 is 19.2 Å². The van der Waals surface area contributed by atoms with E-state index in [2.05, 4.69) is 5.32 Å². The fourth-order valence-electron chi connectivity index (χ4n) is 2.41. The number of carbonyl (C=O) groups is 1. The molecule has 0 radical (unpaired) electrons. The fraction of sp³-hybridized carbons (Fsp3) is 0.562. The van der Waals surface area contributed by atoms with Crippen molar-refractivity contribution in [2.24, 2.45) is 0 Å². The van der Waals surface area contributed by atoms with E-state index in [0.29, 0.717) is 6.42 Å². The highest BCUT2D eigenvalue weighted by molar-refractivity contribution is 6.62. The third-order valence-electron chi connectivity index (χ3n) is 4.42. The number of amides is 1. The van der Waals surface area contributed by atoms with Gasteiger partial charge in [0.15, 0.2) is 0 Å². The molecule has 120 valence electrons. The van der Waals surface area contributed by atoms with Gasteiger partial charge in [0.25, 0.3) is 0 Å². The van der Waals surface area contributed by atoms with Crippen LogP contribution >= 0.6 is 0 Å². The van der Waals surface area contributed by atoms with E-state index in [4.69, 9.17) is 14.4 Å². The molecule has 2 N–H and O–H groups in total. The average molecular weight is 305 g/mol. The van der Waals surface area contributed by atoms with Crippen LogP contribution in [0.25, 0.3) is 0 Å². The van der Waals surface area contributed by atoms with Gasteiger partial charge in [-0.2, -0.15) is 0 Å². The molecule has 1 aromatic rings. The number of rotatable bonds is 4. The molecule has 6 heteroatoms. The zero-order valence-corrected chi connectivity index (χ0v) is 13.8. The summed E-state index contributed by atoms with van der Waals surface area (Å²) in [6, 6.07) is 7.80. The summed E-state index contributed by atoms with van der Waals surface area (Å²) in [5, 5.41) is 11.2. The van der Waals surface area contributed by atoms with Gasteiger partial charge >= 0.3 is 13.2 Å². The summed E-state index contributed by atoms with van der Waals surface area (Å²) in [5.74, 6) is 0. The summed E-state index contributed by atoms with van der Waals surface area (Å²) in [6.45, 7) is 9.96. The highest BCUT2D eigenvalue weighted by Gasteiger charge is 2.51. The van der Waals surface area contributed by atoms with Gasteiger partial charge in [0.1, 0.15) is 0 Å². The van der Waals surface area contributed by atoms with Crippen molar-refractivity contribution in [2.45, 2.75) is 58.3 Å². The molecule has 0 saturated carbocycles. The minimum Gasteiger partial charge on any atom is -0.465 e. The molecule has 0 bridgehead atoms. The number of nitrogens with one attached hydrogen (secondary N) is 1. The van der Waals surface area contributed by atoms with Gasteiger partial charge in [-0.1, -0.05) is 24.3 Å². The lowest BCUT2D eigenvalue weighted by Gasteiger charge is -2.32. The Morgan fingerprint density at radius 1 is 1.18 bits per heavy atom. The highest BCUT2D eigenvalue weighted by Crippen LogP contribution is 2.36. The second kappa shape index (κ2) is 5.93. The molecule has 22 heavy (non-hydrogen) atoms. The maximum absolute atomic E-state index is 10.6. The maximum atomic E-state index is 10.6. The molecule has 2 rings (SSSR count). The molecule has 1 aromatic carbocycles. The number of hydrogen-bond donors (Lipinski definition) is 2. The van der Waals surface area contributed by atoms with E-state index >= 15 is 0 Å². The van der Waals surface area contributed by atoms with Gasteiger partial charge in [0.05, 0.1) is 11.2 Å². The molecule has 1 amide bonds. The molecule has 1 atom stereocenters. The van der Waals surface area contributed by atoms with Gasteiger partial charge in [-0.15, -0.1) is 0 Å². The van der Waals surface area contributed by atoms with Gasteiger partial charge in [-0.25, -0.2) is 4.79 Å². The van der Waals surface area contributed by atoms with E-state index in [1.54, 1.807) is 0 Å². The van der Waals surface area contributed by atoms with E-state index in [-0.39, 0.29) is 24.4 Å². The van der Waals surface area contributed by atoms with E-state index in [1.807, 2.05) is 58.9 Å². The summed E-state index contributed by atoms with van der Waals surface area (Å²) < 4.78 is 12.0. The molecule has 1 aliphatic rings. The Kier molecular flexibility index (Phi) is 4.54.